The van der Waals surface area contributed by atoms with Gasteiger partial charge in [-0.3, -0.25) is 0 Å². The molecule has 19 heavy (non-hydrogen) atoms. The second-order valence-electron chi connectivity index (χ2n) is 4.72. The Labute approximate surface area is 113 Å². The van der Waals surface area contributed by atoms with Gasteiger partial charge in [-0.15, -0.1) is 0 Å². The number of hydrogen-bond acceptors (Lipinski definition) is 2. The quantitative estimate of drug-likeness (QED) is 0.910. The highest BCUT2D eigenvalue weighted by atomic mass is 19.1. The molecule has 0 atom stereocenters. The van der Waals surface area contributed by atoms with Gasteiger partial charge in [0.05, 0.1) is 5.69 Å². The molecule has 2 aromatic carbocycles. The van der Waals surface area contributed by atoms with Gasteiger partial charge < -0.3 is 10.6 Å². The summed E-state index contributed by atoms with van der Waals surface area (Å²) >= 11 is 0. The van der Waals surface area contributed by atoms with Gasteiger partial charge in [0.15, 0.2) is 0 Å². The Morgan fingerprint density at radius 3 is 2.58 bits per heavy atom. The molecule has 2 aromatic rings. The minimum absolute atomic E-state index is 0.213. The van der Waals surface area contributed by atoms with Crippen molar-refractivity contribution in [3.63, 3.8) is 0 Å². The Hall–Kier alpha value is -1.87. The third-order valence-corrected chi connectivity index (χ3v) is 3.20. The molecule has 0 saturated carbocycles. The van der Waals surface area contributed by atoms with Gasteiger partial charge >= 0.3 is 0 Å². The largest absolute Gasteiger partial charge is 0.342 e. The lowest BCUT2D eigenvalue weighted by Crippen LogP contribution is -2.12. The Morgan fingerprint density at radius 1 is 1.16 bits per heavy atom. The molecule has 0 heterocycles. The molecule has 2 nitrogen and oxygen atoms in total. The van der Waals surface area contributed by atoms with Crippen LogP contribution in [0.4, 0.5) is 15.8 Å². The monoisotopic (exact) mass is 258 g/mol. The van der Waals surface area contributed by atoms with Crippen LogP contribution in [0.3, 0.4) is 0 Å². The van der Waals surface area contributed by atoms with E-state index in [0.29, 0.717) is 18.7 Å². The summed E-state index contributed by atoms with van der Waals surface area (Å²) in [6.07, 6.45) is 0.700. The molecule has 0 saturated heterocycles. The molecule has 0 unspecified atom stereocenters. The van der Waals surface area contributed by atoms with E-state index < -0.39 is 0 Å². The topological polar surface area (TPSA) is 29.3 Å². The van der Waals surface area contributed by atoms with Crippen molar-refractivity contribution in [2.24, 2.45) is 5.73 Å². The number of halogens is 1. The van der Waals surface area contributed by atoms with Gasteiger partial charge in [-0.25, -0.2) is 4.39 Å². The van der Waals surface area contributed by atoms with Crippen LogP contribution in [-0.2, 0) is 6.42 Å². The van der Waals surface area contributed by atoms with E-state index in [0.717, 1.165) is 16.8 Å². The zero-order valence-electron chi connectivity index (χ0n) is 11.4. The number of anilines is 2. The van der Waals surface area contributed by atoms with Gasteiger partial charge in [0.25, 0.3) is 0 Å². The van der Waals surface area contributed by atoms with Crippen molar-refractivity contribution in [2.45, 2.75) is 13.3 Å². The summed E-state index contributed by atoms with van der Waals surface area (Å²) in [7, 11) is 1.87. The molecule has 0 aliphatic heterocycles. The Morgan fingerprint density at radius 2 is 1.95 bits per heavy atom. The summed E-state index contributed by atoms with van der Waals surface area (Å²) < 4.78 is 14.1. The molecule has 3 heteroatoms. The first-order chi connectivity index (χ1) is 9.11. The predicted octanol–water partition coefficient (Wildman–Crippen LogP) is 3.40. The zero-order chi connectivity index (χ0) is 13.8. The van der Waals surface area contributed by atoms with E-state index in [1.807, 2.05) is 55.3 Å². The minimum Gasteiger partial charge on any atom is -0.342 e. The van der Waals surface area contributed by atoms with Gasteiger partial charge in [-0.1, -0.05) is 18.2 Å². The van der Waals surface area contributed by atoms with Crippen LogP contribution in [0.5, 0.6) is 0 Å². The highest BCUT2D eigenvalue weighted by molar-refractivity contribution is 5.63. The van der Waals surface area contributed by atoms with E-state index in [1.165, 1.54) is 0 Å². The van der Waals surface area contributed by atoms with E-state index in [1.54, 1.807) is 6.07 Å². The van der Waals surface area contributed by atoms with Crippen LogP contribution < -0.4 is 10.6 Å². The van der Waals surface area contributed by atoms with E-state index in [2.05, 4.69) is 0 Å². The third kappa shape index (κ3) is 3.12. The summed E-state index contributed by atoms with van der Waals surface area (Å²) in [4.78, 5) is 1.86. The molecular weight excluding hydrogens is 239 g/mol. The fourth-order valence-corrected chi connectivity index (χ4v) is 2.12. The molecule has 0 bridgehead atoms. The second kappa shape index (κ2) is 5.85. The first kappa shape index (κ1) is 13.6. The zero-order valence-corrected chi connectivity index (χ0v) is 11.4. The van der Waals surface area contributed by atoms with Gasteiger partial charge in [0.1, 0.15) is 5.82 Å². The summed E-state index contributed by atoms with van der Waals surface area (Å²) in [5.74, 6) is -0.213. The standard InChI is InChI=1S/C16H19FN2/c1-12-4-3-5-14(10-12)19(2)16-7-6-13(8-9-18)11-15(16)17/h3-7,10-11H,8-9,18H2,1-2H3. The molecule has 0 fully saturated rings. The van der Waals surface area contributed by atoms with Crippen LogP contribution in [0.2, 0.25) is 0 Å². The first-order valence-corrected chi connectivity index (χ1v) is 6.40. The molecule has 0 radical (unpaired) electrons. The highest BCUT2D eigenvalue weighted by Crippen LogP contribution is 2.27. The SMILES string of the molecule is Cc1cccc(N(C)c2ccc(CCN)cc2F)c1. The highest BCUT2D eigenvalue weighted by Gasteiger charge is 2.10. The maximum absolute atomic E-state index is 14.1. The number of benzene rings is 2. The van der Waals surface area contributed by atoms with Crippen LogP contribution in [0.15, 0.2) is 42.5 Å². The van der Waals surface area contributed by atoms with Crippen LogP contribution >= 0.6 is 0 Å². The van der Waals surface area contributed by atoms with Crippen molar-refractivity contribution < 1.29 is 4.39 Å². The van der Waals surface area contributed by atoms with Crippen LogP contribution in [0, 0.1) is 12.7 Å². The van der Waals surface area contributed by atoms with E-state index in [4.69, 9.17) is 5.73 Å². The first-order valence-electron chi connectivity index (χ1n) is 6.40. The van der Waals surface area contributed by atoms with Gasteiger partial charge in [-0.2, -0.15) is 0 Å². The Kier molecular flexibility index (Phi) is 4.17. The van der Waals surface area contributed by atoms with Gasteiger partial charge in [0, 0.05) is 12.7 Å². The molecular formula is C16H19FN2. The molecule has 0 aliphatic rings. The van der Waals surface area contributed by atoms with Crippen LogP contribution in [0.25, 0.3) is 0 Å². The van der Waals surface area contributed by atoms with Crippen molar-refractivity contribution in [3.8, 4) is 0 Å². The number of aryl methyl sites for hydroxylation is 1. The molecule has 0 amide bonds. The normalized spacial score (nSPS) is 10.5. The summed E-state index contributed by atoms with van der Waals surface area (Å²) in [5.41, 5.74) is 9.12. The number of hydrogen-bond donors (Lipinski definition) is 1. The Balaban J connectivity index is 2.31. The number of nitrogens with two attached hydrogens (primary N) is 1. The average molecular weight is 258 g/mol. The maximum atomic E-state index is 14.1. The van der Waals surface area contributed by atoms with Crippen molar-refractivity contribution in [1.29, 1.82) is 0 Å². The second-order valence-corrected chi connectivity index (χ2v) is 4.72. The summed E-state index contributed by atoms with van der Waals surface area (Å²) in [5, 5.41) is 0. The smallest absolute Gasteiger partial charge is 0.147 e. The number of rotatable bonds is 4. The van der Waals surface area contributed by atoms with E-state index in [-0.39, 0.29) is 5.82 Å². The van der Waals surface area contributed by atoms with Crippen LogP contribution in [-0.4, -0.2) is 13.6 Å². The van der Waals surface area contributed by atoms with E-state index in [9.17, 15) is 4.39 Å². The average Bonchev–Trinajstić information content (AvgIpc) is 2.38. The van der Waals surface area contributed by atoms with Crippen molar-refractivity contribution in [1.82, 2.24) is 0 Å². The Bertz CT molecular complexity index is 566. The summed E-state index contributed by atoms with van der Waals surface area (Å²) in [6, 6.07) is 13.3. The molecule has 2 N–H and O–H groups in total. The van der Waals surface area contributed by atoms with Gasteiger partial charge in [0.2, 0.25) is 0 Å². The van der Waals surface area contributed by atoms with Crippen LogP contribution in [0.1, 0.15) is 11.1 Å². The van der Waals surface area contributed by atoms with Crippen molar-refractivity contribution >= 4 is 11.4 Å². The summed E-state index contributed by atoms with van der Waals surface area (Å²) in [6.45, 7) is 2.56. The fraction of sp³-hybridized carbons (Fsp3) is 0.250. The van der Waals surface area contributed by atoms with E-state index >= 15 is 0 Å². The lowest BCUT2D eigenvalue weighted by molar-refractivity contribution is 0.625. The van der Waals surface area contributed by atoms with Crippen molar-refractivity contribution in [2.75, 3.05) is 18.5 Å². The predicted molar refractivity (Wildman–Crippen MR) is 78.4 cm³/mol. The van der Waals surface area contributed by atoms with Crippen molar-refractivity contribution in [3.05, 3.63) is 59.4 Å². The molecule has 0 spiro atoms. The number of nitrogens with zero attached hydrogens (tertiary/aromatic N) is 1. The molecule has 2 rings (SSSR count). The lowest BCUT2D eigenvalue weighted by atomic mass is 10.1. The maximum Gasteiger partial charge on any atom is 0.147 e. The van der Waals surface area contributed by atoms with Gasteiger partial charge in [-0.05, 0) is 55.3 Å². The fourth-order valence-electron chi connectivity index (χ4n) is 2.12. The molecule has 0 aromatic heterocycles. The molecule has 0 aliphatic carbocycles. The minimum atomic E-state index is -0.213. The third-order valence-electron chi connectivity index (χ3n) is 3.20. The molecule has 100 valence electrons. The lowest BCUT2D eigenvalue weighted by Gasteiger charge is -2.21.